The lowest BCUT2D eigenvalue weighted by Gasteiger charge is -2.29. The Kier molecular flexibility index (Phi) is 3.78. The first kappa shape index (κ1) is 13.6. The minimum atomic E-state index is -0.488. The molecule has 0 amide bonds. The van der Waals surface area contributed by atoms with Crippen molar-refractivity contribution < 1.29 is 4.74 Å². The summed E-state index contributed by atoms with van der Waals surface area (Å²) in [6.07, 6.45) is 0.227. The molecule has 0 bridgehead atoms. The quantitative estimate of drug-likeness (QED) is 0.803. The minimum Gasteiger partial charge on any atom is -0.351 e. The van der Waals surface area contributed by atoms with Crippen molar-refractivity contribution in [2.24, 2.45) is 0 Å². The van der Waals surface area contributed by atoms with E-state index < -0.39 is 7.92 Å². The van der Waals surface area contributed by atoms with Crippen LogP contribution < -0.4 is 15.5 Å². The van der Waals surface area contributed by atoms with Gasteiger partial charge in [-0.15, -0.1) is 0 Å². The fourth-order valence-electron chi connectivity index (χ4n) is 2.63. The standard InChI is InChI=1S/C17H20NOP/c1-13(2)19-17-18(3)15-11-7-8-12-16(15)20(17)14-9-5-4-6-10-14/h4-13,17H,1-3H3/t17-,20-/m0/s1. The summed E-state index contributed by atoms with van der Waals surface area (Å²) in [5.74, 6) is 0.129. The Hall–Kier alpha value is -1.37. The van der Waals surface area contributed by atoms with Crippen molar-refractivity contribution in [3.63, 3.8) is 0 Å². The number of hydrogen-bond donors (Lipinski definition) is 0. The van der Waals surface area contributed by atoms with Crippen LogP contribution >= 0.6 is 7.92 Å². The van der Waals surface area contributed by atoms with Gasteiger partial charge in [0.1, 0.15) is 0 Å². The fourth-order valence-corrected chi connectivity index (χ4v) is 5.45. The normalized spacial score (nSPS) is 21.3. The smallest absolute Gasteiger partial charge is 0.157 e. The molecule has 3 rings (SSSR count). The highest BCUT2D eigenvalue weighted by molar-refractivity contribution is 7.74. The third kappa shape index (κ3) is 2.34. The Balaban J connectivity index is 2.07. The Labute approximate surface area is 122 Å². The van der Waals surface area contributed by atoms with Crippen molar-refractivity contribution in [1.29, 1.82) is 0 Å². The zero-order valence-corrected chi connectivity index (χ0v) is 13.0. The molecule has 0 saturated heterocycles. The zero-order valence-electron chi connectivity index (χ0n) is 12.2. The van der Waals surface area contributed by atoms with Crippen molar-refractivity contribution >= 4 is 24.2 Å². The lowest BCUT2D eigenvalue weighted by Crippen LogP contribution is -2.32. The van der Waals surface area contributed by atoms with Crippen molar-refractivity contribution in [3.8, 4) is 0 Å². The van der Waals surface area contributed by atoms with Gasteiger partial charge in [0.2, 0.25) is 0 Å². The molecule has 2 aromatic carbocycles. The van der Waals surface area contributed by atoms with E-state index in [-0.39, 0.29) is 12.1 Å². The second kappa shape index (κ2) is 5.55. The molecule has 0 spiro atoms. The predicted molar refractivity (Wildman–Crippen MR) is 87.5 cm³/mol. The maximum atomic E-state index is 6.23. The van der Waals surface area contributed by atoms with Crippen molar-refractivity contribution in [2.75, 3.05) is 11.9 Å². The highest BCUT2D eigenvalue weighted by Gasteiger charge is 2.38. The summed E-state index contributed by atoms with van der Waals surface area (Å²) in [7, 11) is 1.65. The number of nitrogens with zero attached hydrogens (tertiary/aromatic N) is 1. The summed E-state index contributed by atoms with van der Waals surface area (Å²) in [4.78, 5) is 2.29. The number of benzene rings is 2. The lowest BCUT2D eigenvalue weighted by atomic mass is 10.3. The van der Waals surface area contributed by atoms with Crippen LogP contribution in [0.15, 0.2) is 54.6 Å². The van der Waals surface area contributed by atoms with Crippen molar-refractivity contribution in [2.45, 2.75) is 25.9 Å². The van der Waals surface area contributed by atoms with Gasteiger partial charge in [0, 0.05) is 26.0 Å². The van der Waals surface area contributed by atoms with E-state index in [1.54, 1.807) is 0 Å². The fraction of sp³-hybridized carbons (Fsp3) is 0.294. The molecule has 104 valence electrons. The second-order valence-electron chi connectivity index (χ2n) is 5.32. The van der Waals surface area contributed by atoms with Gasteiger partial charge in [-0.2, -0.15) is 0 Å². The SMILES string of the molecule is CC(C)O[C@@H]1N(C)c2ccccc2[P@]1c1ccccc1. The van der Waals surface area contributed by atoms with Gasteiger partial charge < -0.3 is 9.64 Å². The van der Waals surface area contributed by atoms with Gasteiger partial charge in [-0.1, -0.05) is 48.5 Å². The summed E-state index contributed by atoms with van der Waals surface area (Å²) >= 11 is 0. The second-order valence-corrected chi connectivity index (χ2v) is 7.50. The van der Waals surface area contributed by atoms with Crippen LogP contribution in [0.25, 0.3) is 0 Å². The molecule has 1 heterocycles. The molecule has 0 unspecified atom stereocenters. The largest absolute Gasteiger partial charge is 0.351 e. The lowest BCUT2D eigenvalue weighted by molar-refractivity contribution is 0.0590. The van der Waals surface area contributed by atoms with E-state index in [4.69, 9.17) is 4.74 Å². The summed E-state index contributed by atoms with van der Waals surface area (Å²) < 4.78 is 6.23. The molecule has 2 nitrogen and oxygen atoms in total. The molecule has 2 aromatic rings. The van der Waals surface area contributed by atoms with Gasteiger partial charge in [-0.05, 0) is 25.2 Å². The van der Waals surface area contributed by atoms with Crippen LogP contribution in [-0.4, -0.2) is 19.1 Å². The number of anilines is 1. The van der Waals surface area contributed by atoms with E-state index >= 15 is 0 Å². The van der Waals surface area contributed by atoms with Crippen LogP contribution in [0.4, 0.5) is 5.69 Å². The number of hydrogen-bond acceptors (Lipinski definition) is 2. The molecule has 0 aliphatic carbocycles. The molecular formula is C17H20NOP. The molecule has 2 atom stereocenters. The molecule has 0 fully saturated rings. The average molecular weight is 285 g/mol. The monoisotopic (exact) mass is 285 g/mol. The molecule has 0 saturated carbocycles. The molecule has 0 radical (unpaired) electrons. The van der Waals surface area contributed by atoms with Crippen molar-refractivity contribution in [1.82, 2.24) is 0 Å². The average Bonchev–Trinajstić information content (AvgIpc) is 2.73. The third-order valence-corrected chi connectivity index (χ3v) is 6.16. The first-order valence-corrected chi connectivity index (χ1v) is 8.41. The number of rotatable bonds is 3. The molecule has 0 N–H and O–H groups in total. The summed E-state index contributed by atoms with van der Waals surface area (Å²) in [6, 6.07) is 19.4. The van der Waals surface area contributed by atoms with Gasteiger partial charge in [-0.25, -0.2) is 0 Å². The highest BCUT2D eigenvalue weighted by Crippen LogP contribution is 2.50. The van der Waals surface area contributed by atoms with E-state index in [9.17, 15) is 0 Å². The van der Waals surface area contributed by atoms with E-state index in [2.05, 4.69) is 80.4 Å². The van der Waals surface area contributed by atoms with Gasteiger partial charge in [0.15, 0.2) is 5.97 Å². The van der Waals surface area contributed by atoms with Crippen LogP contribution in [-0.2, 0) is 4.74 Å². The van der Waals surface area contributed by atoms with Crippen LogP contribution in [0.1, 0.15) is 13.8 Å². The van der Waals surface area contributed by atoms with Crippen LogP contribution in [0.3, 0.4) is 0 Å². The Morgan fingerprint density at radius 3 is 2.35 bits per heavy atom. The molecule has 20 heavy (non-hydrogen) atoms. The summed E-state index contributed by atoms with van der Waals surface area (Å²) in [5.41, 5.74) is 1.30. The van der Waals surface area contributed by atoms with E-state index in [1.165, 1.54) is 16.3 Å². The predicted octanol–water partition coefficient (Wildman–Crippen LogP) is 3.28. The first-order valence-electron chi connectivity index (χ1n) is 7.00. The number of fused-ring (bicyclic) bond motifs is 1. The van der Waals surface area contributed by atoms with E-state index in [0.29, 0.717) is 0 Å². The van der Waals surface area contributed by atoms with Crippen molar-refractivity contribution in [3.05, 3.63) is 54.6 Å². The van der Waals surface area contributed by atoms with Gasteiger partial charge >= 0.3 is 0 Å². The minimum absolute atomic E-state index is 0.129. The highest BCUT2D eigenvalue weighted by atomic mass is 31.1. The summed E-state index contributed by atoms with van der Waals surface area (Å²) in [5, 5.41) is 2.80. The Bertz CT molecular complexity index is 585. The molecular weight excluding hydrogens is 265 g/mol. The van der Waals surface area contributed by atoms with E-state index in [0.717, 1.165) is 0 Å². The zero-order chi connectivity index (χ0) is 14.1. The number of para-hydroxylation sites is 1. The molecule has 1 aliphatic rings. The number of ether oxygens (including phenoxy) is 1. The van der Waals surface area contributed by atoms with Crippen LogP contribution in [0.5, 0.6) is 0 Å². The van der Waals surface area contributed by atoms with Gasteiger partial charge in [0.25, 0.3) is 0 Å². The summed E-state index contributed by atoms with van der Waals surface area (Å²) in [6.45, 7) is 4.21. The third-order valence-electron chi connectivity index (χ3n) is 3.50. The maximum absolute atomic E-state index is 6.23. The Morgan fingerprint density at radius 1 is 1.00 bits per heavy atom. The molecule has 0 aromatic heterocycles. The Morgan fingerprint density at radius 2 is 1.65 bits per heavy atom. The topological polar surface area (TPSA) is 12.5 Å². The maximum Gasteiger partial charge on any atom is 0.157 e. The van der Waals surface area contributed by atoms with Gasteiger partial charge in [0.05, 0.1) is 6.10 Å². The van der Waals surface area contributed by atoms with Crippen LogP contribution in [0.2, 0.25) is 0 Å². The van der Waals surface area contributed by atoms with E-state index in [1.807, 2.05) is 0 Å². The van der Waals surface area contributed by atoms with Crippen LogP contribution in [0, 0.1) is 0 Å². The first-order chi connectivity index (χ1) is 9.68. The molecule has 3 heteroatoms. The molecule has 1 aliphatic heterocycles. The van der Waals surface area contributed by atoms with Gasteiger partial charge in [-0.3, -0.25) is 0 Å².